The fourth-order valence-electron chi connectivity index (χ4n) is 2.47. The van der Waals surface area contributed by atoms with Gasteiger partial charge in [0.05, 0.1) is 12.7 Å². The zero-order valence-electron chi connectivity index (χ0n) is 11.5. The highest BCUT2D eigenvalue weighted by Gasteiger charge is 2.27. The number of nitrogens with zero attached hydrogens (tertiary/aromatic N) is 1. The number of rotatable bonds is 4. The van der Waals surface area contributed by atoms with Crippen molar-refractivity contribution in [3.05, 3.63) is 29.3 Å². The second-order valence-electron chi connectivity index (χ2n) is 4.65. The fourth-order valence-corrected chi connectivity index (χ4v) is 2.47. The number of anilines is 1. The van der Waals surface area contributed by atoms with E-state index in [0.29, 0.717) is 37.8 Å². The topological polar surface area (TPSA) is 46.6 Å². The Morgan fingerprint density at radius 3 is 2.95 bits per heavy atom. The lowest BCUT2D eigenvalue weighted by Crippen LogP contribution is -2.28. The van der Waals surface area contributed by atoms with Crippen LogP contribution >= 0.6 is 0 Å². The zero-order chi connectivity index (χ0) is 14.5. The molecule has 0 aliphatic carbocycles. The van der Waals surface area contributed by atoms with Crippen LogP contribution in [0.2, 0.25) is 0 Å². The molecule has 0 spiro atoms. The van der Waals surface area contributed by atoms with Crippen LogP contribution in [-0.4, -0.2) is 25.5 Å². The van der Waals surface area contributed by atoms with Crippen LogP contribution in [0.3, 0.4) is 0 Å². The van der Waals surface area contributed by atoms with E-state index >= 15 is 0 Å². The SMILES string of the molecule is C#CCCCC(=O)N1CCc2c(C(=O)OC)cccc21. The summed E-state index contributed by atoms with van der Waals surface area (Å²) in [4.78, 5) is 25.6. The van der Waals surface area contributed by atoms with Gasteiger partial charge in [-0.2, -0.15) is 0 Å². The van der Waals surface area contributed by atoms with Gasteiger partial charge in [-0.3, -0.25) is 4.79 Å². The summed E-state index contributed by atoms with van der Waals surface area (Å²) in [6.07, 6.45) is 7.60. The smallest absolute Gasteiger partial charge is 0.338 e. The van der Waals surface area contributed by atoms with Crippen LogP contribution < -0.4 is 4.90 Å². The first-order chi connectivity index (χ1) is 9.69. The van der Waals surface area contributed by atoms with Crippen molar-refractivity contribution in [2.75, 3.05) is 18.6 Å². The first-order valence-corrected chi connectivity index (χ1v) is 6.63. The average molecular weight is 271 g/mol. The number of carbonyl (C=O) groups is 2. The van der Waals surface area contributed by atoms with Crippen LogP contribution in [0, 0.1) is 12.3 Å². The molecule has 0 atom stereocenters. The van der Waals surface area contributed by atoms with E-state index in [1.807, 2.05) is 6.07 Å². The Bertz CT molecular complexity index is 572. The molecule has 4 heteroatoms. The zero-order valence-corrected chi connectivity index (χ0v) is 11.5. The molecule has 0 fully saturated rings. The van der Waals surface area contributed by atoms with Crippen LogP contribution in [-0.2, 0) is 16.0 Å². The molecule has 0 bridgehead atoms. The monoisotopic (exact) mass is 271 g/mol. The van der Waals surface area contributed by atoms with Gasteiger partial charge in [-0.25, -0.2) is 4.79 Å². The first kappa shape index (κ1) is 14.1. The number of benzene rings is 1. The minimum absolute atomic E-state index is 0.0565. The molecule has 4 nitrogen and oxygen atoms in total. The quantitative estimate of drug-likeness (QED) is 0.479. The second kappa shape index (κ2) is 6.25. The van der Waals surface area contributed by atoms with E-state index in [1.165, 1.54) is 7.11 Å². The maximum atomic E-state index is 12.2. The summed E-state index contributed by atoms with van der Waals surface area (Å²) in [5.74, 6) is 2.23. The molecule has 1 heterocycles. The summed E-state index contributed by atoms with van der Waals surface area (Å²) in [6, 6.07) is 5.38. The Balaban J connectivity index is 2.19. The largest absolute Gasteiger partial charge is 0.465 e. The number of ether oxygens (including phenoxy) is 1. The predicted octanol–water partition coefficient (Wildman–Crippen LogP) is 2.17. The molecule has 1 aliphatic heterocycles. The molecule has 104 valence electrons. The summed E-state index contributed by atoms with van der Waals surface area (Å²) in [5.41, 5.74) is 2.26. The average Bonchev–Trinajstić information content (AvgIpc) is 2.90. The molecule has 0 unspecified atom stereocenters. The van der Waals surface area contributed by atoms with Crippen molar-refractivity contribution >= 4 is 17.6 Å². The van der Waals surface area contributed by atoms with Gasteiger partial charge in [0.1, 0.15) is 0 Å². The molecule has 1 aromatic rings. The number of esters is 1. The molecular formula is C16H17NO3. The van der Waals surface area contributed by atoms with Gasteiger partial charge >= 0.3 is 5.97 Å². The second-order valence-corrected chi connectivity index (χ2v) is 4.65. The van der Waals surface area contributed by atoms with E-state index in [-0.39, 0.29) is 11.9 Å². The minimum Gasteiger partial charge on any atom is -0.465 e. The van der Waals surface area contributed by atoms with Crippen molar-refractivity contribution in [2.45, 2.75) is 25.7 Å². The van der Waals surface area contributed by atoms with E-state index in [2.05, 4.69) is 5.92 Å². The first-order valence-electron chi connectivity index (χ1n) is 6.63. The van der Waals surface area contributed by atoms with Gasteiger partial charge in [0.15, 0.2) is 0 Å². The summed E-state index contributed by atoms with van der Waals surface area (Å²) >= 11 is 0. The number of hydrogen-bond donors (Lipinski definition) is 0. The third kappa shape index (κ3) is 2.67. The van der Waals surface area contributed by atoms with Gasteiger partial charge in [-0.1, -0.05) is 6.07 Å². The lowest BCUT2D eigenvalue weighted by atomic mass is 10.1. The van der Waals surface area contributed by atoms with Crippen LogP contribution in [0.15, 0.2) is 18.2 Å². The molecule has 2 rings (SSSR count). The van der Waals surface area contributed by atoms with E-state index in [1.54, 1.807) is 17.0 Å². The third-order valence-electron chi connectivity index (χ3n) is 3.45. The lowest BCUT2D eigenvalue weighted by molar-refractivity contribution is -0.118. The molecule has 0 saturated heterocycles. The van der Waals surface area contributed by atoms with Crippen LogP contribution in [0.4, 0.5) is 5.69 Å². The molecule has 0 radical (unpaired) electrons. The van der Waals surface area contributed by atoms with E-state index in [4.69, 9.17) is 11.2 Å². The molecule has 0 aromatic heterocycles. The molecule has 0 saturated carbocycles. The van der Waals surface area contributed by atoms with Crippen LogP contribution in [0.1, 0.15) is 35.2 Å². The summed E-state index contributed by atoms with van der Waals surface area (Å²) in [6.45, 7) is 0.609. The molecule has 1 aromatic carbocycles. The maximum absolute atomic E-state index is 12.2. The molecule has 1 amide bonds. The van der Waals surface area contributed by atoms with Crippen molar-refractivity contribution in [3.8, 4) is 12.3 Å². The van der Waals surface area contributed by atoms with Crippen molar-refractivity contribution in [1.29, 1.82) is 0 Å². The summed E-state index contributed by atoms with van der Waals surface area (Å²) in [7, 11) is 1.36. The highest BCUT2D eigenvalue weighted by Crippen LogP contribution is 2.31. The molecule has 1 aliphatic rings. The third-order valence-corrected chi connectivity index (χ3v) is 3.45. The van der Waals surface area contributed by atoms with E-state index in [9.17, 15) is 9.59 Å². The Kier molecular flexibility index (Phi) is 4.41. The van der Waals surface area contributed by atoms with E-state index in [0.717, 1.165) is 11.3 Å². The number of hydrogen-bond acceptors (Lipinski definition) is 3. The summed E-state index contributed by atoms with van der Waals surface area (Å²) in [5, 5.41) is 0. The summed E-state index contributed by atoms with van der Waals surface area (Å²) < 4.78 is 4.77. The van der Waals surface area contributed by atoms with Gasteiger partial charge in [-0.15, -0.1) is 12.3 Å². The van der Waals surface area contributed by atoms with Crippen molar-refractivity contribution in [1.82, 2.24) is 0 Å². The van der Waals surface area contributed by atoms with Crippen molar-refractivity contribution in [3.63, 3.8) is 0 Å². The van der Waals surface area contributed by atoms with E-state index < -0.39 is 0 Å². The van der Waals surface area contributed by atoms with Crippen molar-refractivity contribution < 1.29 is 14.3 Å². The number of methoxy groups -OCH3 is 1. The maximum Gasteiger partial charge on any atom is 0.338 e. The Morgan fingerprint density at radius 2 is 2.25 bits per heavy atom. The van der Waals surface area contributed by atoms with Gasteiger partial charge in [0.25, 0.3) is 0 Å². The fraction of sp³-hybridized carbons (Fsp3) is 0.375. The Labute approximate surface area is 118 Å². The van der Waals surface area contributed by atoms with Crippen molar-refractivity contribution in [2.24, 2.45) is 0 Å². The number of fused-ring (bicyclic) bond motifs is 1. The number of amides is 1. The van der Waals surface area contributed by atoms with Gasteiger partial charge in [-0.05, 0) is 30.5 Å². The van der Waals surface area contributed by atoms with Gasteiger partial charge in [0, 0.05) is 25.1 Å². The lowest BCUT2D eigenvalue weighted by Gasteiger charge is -2.17. The highest BCUT2D eigenvalue weighted by atomic mass is 16.5. The Morgan fingerprint density at radius 1 is 1.45 bits per heavy atom. The standard InChI is InChI=1S/C16H17NO3/c1-3-4-5-9-15(18)17-11-10-12-13(16(19)20-2)7-6-8-14(12)17/h1,6-8H,4-5,9-11H2,2H3. The number of terminal acetylenes is 1. The Hall–Kier alpha value is -2.28. The normalized spacial score (nSPS) is 12.7. The minimum atomic E-state index is -0.358. The van der Waals surface area contributed by atoms with Crippen LogP contribution in [0.25, 0.3) is 0 Å². The number of unbranched alkanes of at least 4 members (excludes halogenated alkanes) is 1. The van der Waals surface area contributed by atoms with Gasteiger partial charge in [0.2, 0.25) is 5.91 Å². The molecular weight excluding hydrogens is 254 g/mol. The number of carbonyl (C=O) groups excluding carboxylic acids is 2. The van der Waals surface area contributed by atoms with Gasteiger partial charge < -0.3 is 9.64 Å². The highest BCUT2D eigenvalue weighted by molar-refractivity contribution is 5.99. The predicted molar refractivity (Wildman–Crippen MR) is 76.5 cm³/mol. The van der Waals surface area contributed by atoms with Crippen LogP contribution in [0.5, 0.6) is 0 Å². The molecule has 0 N–H and O–H groups in total. The molecule has 20 heavy (non-hydrogen) atoms.